The second-order valence-corrected chi connectivity index (χ2v) is 6.85. The summed E-state index contributed by atoms with van der Waals surface area (Å²) in [5.74, 6) is -0.261. The zero-order valence-corrected chi connectivity index (χ0v) is 13.3. The molecule has 0 saturated carbocycles. The van der Waals surface area contributed by atoms with E-state index in [0.29, 0.717) is 5.56 Å². The monoisotopic (exact) mass is 327 g/mol. The number of nitrogens with one attached hydrogen (secondary N) is 3. The molecule has 0 aromatic heterocycles. The zero-order chi connectivity index (χ0) is 16.0. The maximum absolute atomic E-state index is 12.2. The van der Waals surface area contributed by atoms with Crippen LogP contribution in [0.15, 0.2) is 29.2 Å². The van der Waals surface area contributed by atoms with E-state index in [1.165, 1.54) is 19.2 Å². The van der Waals surface area contributed by atoms with Crippen LogP contribution >= 0.6 is 0 Å². The van der Waals surface area contributed by atoms with E-state index in [2.05, 4.69) is 15.4 Å². The summed E-state index contributed by atoms with van der Waals surface area (Å²) in [6.07, 6.45) is 0.877. The average molecular weight is 327 g/mol. The molecule has 1 aromatic carbocycles. The first kappa shape index (κ1) is 16.9. The van der Waals surface area contributed by atoms with E-state index < -0.39 is 10.0 Å². The molecule has 1 aliphatic heterocycles. The molecule has 1 fully saturated rings. The fraction of sp³-hybridized carbons (Fsp3) is 0.500. The topological polar surface area (TPSA) is 96.5 Å². The van der Waals surface area contributed by atoms with Crippen molar-refractivity contribution in [3.05, 3.63) is 29.8 Å². The predicted octanol–water partition coefficient (Wildman–Crippen LogP) is -0.297. The number of carbonyl (C=O) groups excluding carboxylic acids is 1. The van der Waals surface area contributed by atoms with Crippen LogP contribution in [0, 0.1) is 0 Å². The molecular weight excluding hydrogens is 306 g/mol. The van der Waals surface area contributed by atoms with Crippen LogP contribution in [-0.2, 0) is 14.8 Å². The van der Waals surface area contributed by atoms with Crippen molar-refractivity contribution in [3.8, 4) is 0 Å². The largest absolute Gasteiger partial charge is 0.383 e. The van der Waals surface area contributed by atoms with Crippen molar-refractivity contribution in [1.82, 2.24) is 15.4 Å². The number of benzene rings is 1. The van der Waals surface area contributed by atoms with Crippen LogP contribution in [0.5, 0.6) is 0 Å². The molecule has 1 aromatic rings. The Bertz CT molecular complexity index is 612. The predicted molar refractivity (Wildman–Crippen MR) is 82.2 cm³/mol. The normalized spacial score (nSPS) is 18.3. The minimum absolute atomic E-state index is 0.0702. The molecule has 0 aliphatic carbocycles. The minimum atomic E-state index is -3.64. The van der Waals surface area contributed by atoms with Gasteiger partial charge in [-0.1, -0.05) is 6.07 Å². The van der Waals surface area contributed by atoms with Crippen molar-refractivity contribution in [2.45, 2.75) is 17.4 Å². The quantitative estimate of drug-likeness (QED) is 0.598. The molecule has 0 spiro atoms. The standard InChI is InChI=1S/C14H21N3O4S/c1-21-8-7-16-22(19,20)13-4-2-3-11(9-13)14(18)17-12-5-6-15-10-12/h2-4,9,12,15-16H,5-8,10H2,1H3,(H,17,18). The summed E-state index contributed by atoms with van der Waals surface area (Å²) >= 11 is 0. The Labute approximate surface area is 130 Å². The zero-order valence-electron chi connectivity index (χ0n) is 12.5. The van der Waals surface area contributed by atoms with Gasteiger partial charge in [-0.2, -0.15) is 0 Å². The van der Waals surface area contributed by atoms with Crippen LogP contribution in [-0.4, -0.2) is 53.7 Å². The lowest BCUT2D eigenvalue weighted by Crippen LogP contribution is -2.36. The highest BCUT2D eigenvalue weighted by Gasteiger charge is 2.19. The Morgan fingerprint density at radius 2 is 2.27 bits per heavy atom. The number of sulfonamides is 1. The van der Waals surface area contributed by atoms with Gasteiger partial charge in [0.05, 0.1) is 11.5 Å². The van der Waals surface area contributed by atoms with Crippen molar-refractivity contribution in [3.63, 3.8) is 0 Å². The summed E-state index contributed by atoms with van der Waals surface area (Å²) in [7, 11) is -2.14. The fourth-order valence-corrected chi connectivity index (χ4v) is 3.27. The highest BCUT2D eigenvalue weighted by Crippen LogP contribution is 2.12. The van der Waals surface area contributed by atoms with Crippen molar-refractivity contribution in [1.29, 1.82) is 0 Å². The van der Waals surface area contributed by atoms with Gasteiger partial charge in [-0.25, -0.2) is 13.1 Å². The van der Waals surface area contributed by atoms with Crippen molar-refractivity contribution in [2.24, 2.45) is 0 Å². The Hall–Kier alpha value is -1.48. The smallest absolute Gasteiger partial charge is 0.251 e. The second-order valence-electron chi connectivity index (χ2n) is 5.08. The van der Waals surface area contributed by atoms with Crippen LogP contribution < -0.4 is 15.4 Å². The highest BCUT2D eigenvalue weighted by molar-refractivity contribution is 7.89. The molecule has 8 heteroatoms. The van der Waals surface area contributed by atoms with E-state index in [1.54, 1.807) is 12.1 Å². The third kappa shape index (κ3) is 4.51. The Balaban J connectivity index is 2.06. The molecule has 122 valence electrons. The number of hydrogen-bond acceptors (Lipinski definition) is 5. The maximum atomic E-state index is 12.2. The van der Waals surface area contributed by atoms with Crippen molar-refractivity contribution >= 4 is 15.9 Å². The van der Waals surface area contributed by atoms with Gasteiger partial charge in [-0.05, 0) is 31.2 Å². The Morgan fingerprint density at radius 1 is 1.45 bits per heavy atom. The molecule has 3 N–H and O–H groups in total. The molecule has 1 aliphatic rings. The van der Waals surface area contributed by atoms with E-state index >= 15 is 0 Å². The lowest BCUT2D eigenvalue weighted by atomic mass is 10.2. The lowest BCUT2D eigenvalue weighted by molar-refractivity contribution is 0.0940. The molecule has 1 atom stereocenters. The average Bonchev–Trinajstić information content (AvgIpc) is 3.00. The Morgan fingerprint density at radius 3 is 2.95 bits per heavy atom. The fourth-order valence-electron chi connectivity index (χ4n) is 2.21. The van der Waals surface area contributed by atoms with E-state index in [0.717, 1.165) is 19.5 Å². The number of hydrogen-bond donors (Lipinski definition) is 3. The van der Waals surface area contributed by atoms with E-state index in [1.807, 2.05) is 0 Å². The van der Waals surface area contributed by atoms with Crippen LogP contribution in [0.1, 0.15) is 16.8 Å². The van der Waals surface area contributed by atoms with Gasteiger partial charge in [-0.15, -0.1) is 0 Å². The molecular formula is C14H21N3O4S. The second kappa shape index (κ2) is 7.68. The number of methoxy groups -OCH3 is 1. The highest BCUT2D eigenvalue weighted by atomic mass is 32.2. The number of carbonyl (C=O) groups is 1. The summed E-state index contributed by atoms with van der Waals surface area (Å²) < 4.78 is 31.5. The van der Waals surface area contributed by atoms with E-state index in [-0.39, 0.29) is 30.0 Å². The molecule has 2 rings (SSSR count). The van der Waals surface area contributed by atoms with Gasteiger partial charge < -0.3 is 15.4 Å². The molecule has 1 amide bonds. The van der Waals surface area contributed by atoms with Crippen LogP contribution in [0.4, 0.5) is 0 Å². The minimum Gasteiger partial charge on any atom is -0.383 e. The first-order chi connectivity index (χ1) is 10.5. The number of rotatable bonds is 7. The van der Waals surface area contributed by atoms with Crippen molar-refractivity contribution in [2.75, 3.05) is 33.4 Å². The van der Waals surface area contributed by atoms with Crippen LogP contribution in [0.2, 0.25) is 0 Å². The SMILES string of the molecule is COCCNS(=O)(=O)c1cccc(C(=O)NC2CCNC2)c1. The van der Waals surface area contributed by atoms with Gasteiger partial charge in [0.2, 0.25) is 10.0 Å². The van der Waals surface area contributed by atoms with Gasteiger partial charge in [0.25, 0.3) is 5.91 Å². The molecule has 0 bridgehead atoms. The third-order valence-electron chi connectivity index (χ3n) is 3.40. The number of amides is 1. The van der Waals surface area contributed by atoms with Crippen LogP contribution in [0.25, 0.3) is 0 Å². The molecule has 1 unspecified atom stereocenters. The van der Waals surface area contributed by atoms with Gasteiger partial charge in [0.1, 0.15) is 0 Å². The molecule has 22 heavy (non-hydrogen) atoms. The first-order valence-corrected chi connectivity index (χ1v) is 8.61. The van der Waals surface area contributed by atoms with Gasteiger partial charge >= 0.3 is 0 Å². The van der Waals surface area contributed by atoms with Gasteiger partial charge in [0.15, 0.2) is 0 Å². The summed E-state index contributed by atoms with van der Waals surface area (Å²) in [6.45, 7) is 2.09. The molecule has 0 radical (unpaired) electrons. The third-order valence-corrected chi connectivity index (χ3v) is 4.86. The van der Waals surface area contributed by atoms with E-state index in [9.17, 15) is 13.2 Å². The summed E-state index contributed by atoms with van der Waals surface area (Å²) in [5, 5.41) is 6.05. The maximum Gasteiger partial charge on any atom is 0.251 e. The number of ether oxygens (including phenoxy) is 1. The van der Waals surface area contributed by atoms with Gasteiger partial charge in [0, 0.05) is 31.8 Å². The Kier molecular flexibility index (Phi) is 5.90. The summed E-state index contributed by atoms with van der Waals surface area (Å²) in [6, 6.07) is 6.10. The first-order valence-electron chi connectivity index (χ1n) is 7.13. The lowest BCUT2D eigenvalue weighted by Gasteiger charge is -2.12. The van der Waals surface area contributed by atoms with E-state index in [4.69, 9.17) is 4.74 Å². The summed E-state index contributed by atoms with van der Waals surface area (Å²) in [4.78, 5) is 12.2. The molecule has 7 nitrogen and oxygen atoms in total. The van der Waals surface area contributed by atoms with Gasteiger partial charge in [-0.3, -0.25) is 4.79 Å². The molecule has 1 heterocycles. The van der Waals surface area contributed by atoms with Crippen molar-refractivity contribution < 1.29 is 17.9 Å². The van der Waals surface area contributed by atoms with Crippen LogP contribution in [0.3, 0.4) is 0 Å². The molecule has 1 saturated heterocycles. The summed E-state index contributed by atoms with van der Waals surface area (Å²) in [5.41, 5.74) is 0.335.